The molecule has 2 heterocycles. The van der Waals surface area contributed by atoms with Crippen molar-refractivity contribution in [3.05, 3.63) is 59.9 Å². The lowest BCUT2D eigenvalue weighted by molar-refractivity contribution is 0.102. The molecule has 4 rings (SSSR count). The van der Waals surface area contributed by atoms with Crippen LogP contribution in [0.5, 0.6) is 0 Å². The highest BCUT2D eigenvalue weighted by Gasteiger charge is 2.25. The summed E-state index contributed by atoms with van der Waals surface area (Å²) < 4.78 is 32.4. The molecule has 0 bridgehead atoms. The summed E-state index contributed by atoms with van der Waals surface area (Å²) in [5.41, 5.74) is 1.71. The van der Waals surface area contributed by atoms with Gasteiger partial charge < -0.3 is 9.84 Å². The number of carbonyl (C=O) groups excluding carboxylic acids is 1. The number of amides is 1. The standard InChI is InChI=1S/C22H24N4O4S/c1-16-23-22(30-25-16)18-8-6-17(7-9-18)21(27)24-19-10-12-20(13-11-19)31(28,29)26-14-4-2-3-5-15-26/h6-13H,2-5,14-15H2,1H3,(H,24,27). The molecule has 0 radical (unpaired) electrons. The van der Waals surface area contributed by atoms with Gasteiger partial charge in [-0.1, -0.05) is 18.0 Å². The van der Waals surface area contributed by atoms with Gasteiger partial charge in [0.1, 0.15) is 0 Å². The first-order valence-electron chi connectivity index (χ1n) is 10.3. The van der Waals surface area contributed by atoms with Crippen LogP contribution in [0.2, 0.25) is 0 Å². The summed E-state index contributed by atoms with van der Waals surface area (Å²) in [7, 11) is -3.51. The van der Waals surface area contributed by atoms with Crippen molar-refractivity contribution in [1.82, 2.24) is 14.4 Å². The van der Waals surface area contributed by atoms with Crippen LogP contribution in [0.1, 0.15) is 41.9 Å². The molecule has 0 unspecified atom stereocenters. The molecule has 0 saturated carbocycles. The lowest BCUT2D eigenvalue weighted by Crippen LogP contribution is -2.31. The number of carbonyl (C=O) groups is 1. The molecule has 8 nitrogen and oxygen atoms in total. The highest BCUT2D eigenvalue weighted by Crippen LogP contribution is 2.22. The van der Waals surface area contributed by atoms with Crippen LogP contribution in [-0.4, -0.2) is 41.9 Å². The maximum atomic E-state index is 12.9. The summed E-state index contributed by atoms with van der Waals surface area (Å²) >= 11 is 0. The zero-order valence-corrected chi connectivity index (χ0v) is 18.1. The minimum absolute atomic E-state index is 0.242. The van der Waals surface area contributed by atoms with Crippen molar-refractivity contribution < 1.29 is 17.7 Å². The number of rotatable bonds is 5. The third kappa shape index (κ3) is 4.83. The predicted octanol–water partition coefficient (Wildman–Crippen LogP) is 3.86. The zero-order chi connectivity index (χ0) is 21.8. The van der Waals surface area contributed by atoms with E-state index in [9.17, 15) is 13.2 Å². The molecule has 31 heavy (non-hydrogen) atoms. The van der Waals surface area contributed by atoms with Crippen molar-refractivity contribution in [1.29, 1.82) is 0 Å². The fourth-order valence-corrected chi connectivity index (χ4v) is 5.04. The molecule has 3 aromatic rings. The molecule has 0 aliphatic carbocycles. The topological polar surface area (TPSA) is 105 Å². The van der Waals surface area contributed by atoms with Gasteiger partial charge >= 0.3 is 0 Å². The molecule has 1 fully saturated rings. The van der Waals surface area contributed by atoms with E-state index in [0.717, 1.165) is 31.2 Å². The number of hydrogen-bond acceptors (Lipinski definition) is 6. The third-order valence-electron chi connectivity index (χ3n) is 5.24. The molecule has 0 atom stereocenters. The first-order valence-corrected chi connectivity index (χ1v) is 11.7. The van der Waals surface area contributed by atoms with Crippen LogP contribution < -0.4 is 5.32 Å². The smallest absolute Gasteiger partial charge is 0.257 e. The maximum Gasteiger partial charge on any atom is 0.257 e. The van der Waals surface area contributed by atoms with E-state index in [1.54, 1.807) is 47.6 Å². The van der Waals surface area contributed by atoms with Gasteiger partial charge in [-0.3, -0.25) is 4.79 Å². The Morgan fingerprint density at radius 3 is 2.19 bits per heavy atom. The molecule has 1 saturated heterocycles. The second kappa shape index (κ2) is 8.99. The van der Waals surface area contributed by atoms with Gasteiger partial charge in [0.2, 0.25) is 10.0 Å². The number of hydrogen-bond donors (Lipinski definition) is 1. The number of aromatic nitrogens is 2. The Kier molecular flexibility index (Phi) is 6.15. The van der Waals surface area contributed by atoms with E-state index in [-0.39, 0.29) is 10.8 Å². The molecule has 1 aromatic heterocycles. The van der Waals surface area contributed by atoms with Gasteiger partial charge in [-0.05, 0) is 68.3 Å². The molecule has 1 aliphatic rings. The number of aryl methyl sites for hydroxylation is 1. The van der Waals surface area contributed by atoms with Crippen LogP contribution in [-0.2, 0) is 10.0 Å². The van der Waals surface area contributed by atoms with E-state index in [1.807, 2.05) is 0 Å². The fourth-order valence-electron chi connectivity index (χ4n) is 3.52. The van der Waals surface area contributed by atoms with E-state index < -0.39 is 10.0 Å². The lowest BCUT2D eigenvalue weighted by Gasteiger charge is -2.20. The molecule has 2 aromatic carbocycles. The van der Waals surface area contributed by atoms with Gasteiger partial charge in [0.15, 0.2) is 5.82 Å². The quantitative estimate of drug-likeness (QED) is 0.646. The number of benzene rings is 2. The van der Waals surface area contributed by atoms with Crippen molar-refractivity contribution in [2.75, 3.05) is 18.4 Å². The van der Waals surface area contributed by atoms with E-state index in [2.05, 4.69) is 15.5 Å². The van der Waals surface area contributed by atoms with Crippen LogP contribution in [0.4, 0.5) is 5.69 Å². The molecular formula is C22H24N4O4S. The van der Waals surface area contributed by atoms with Gasteiger partial charge in [0.05, 0.1) is 4.90 Å². The first-order chi connectivity index (χ1) is 14.9. The van der Waals surface area contributed by atoms with E-state index in [1.165, 1.54) is 12.1 Å². The summed E-state index contributed by atoms with van der Waals surface area (Å²) in [4.78, 5) is 16.9. The predicted molar refractivity (Wildman–Crippen MR) is 116 cm³/mol. The second-order valence-corrected chi connectivity index (χ2v) is 9.46. The molecule has 162 valence electrons. The average molecular weight is 441 g/mol. The van der Waals surface area contributed by atoms with Crippen LogP contribution >= 0.6 is 0 Å². The molecule has 9 heteroatoms. The number of sulfonamides is 1. The van der Waals surface area contributed by atoms with Crippen molar-refractivity contribution in [3.8, 4) is 11.5 Å². The van der Waals surface area contributed by atoms with E-state index in [0.29, 0.717) is 36.1 Å². The minimum atomic E-state index is -3.51. The van der Waals surface area contributed by atoms with E-state index in [4.69, 9.17) is 4.52 Å². The van der Waals surface area contributed by atoms with Crippen LogP contribution in [0, 0.1) is 6.92 Å². The zero-order valence-electron chi connectivity index (χ0n) is 17.2. The van der Waals surface area contributed by atoms with Gasteiger partial charge in [0, 0.05) is 29.9 Å². The van der Waals surface area contributed by atoms with Gasteiger partial charge in [-0.2, -0.15) is 9.29 Å². The van der Waals surface area contributed by atoms with Crippen LogP contribution in [0.3, 0.4) is 0 Å². The van der Waals surface area contributed by atoms with Gasteiger partial charge in [-0.25, -0.2) is 8.42 Å². The van der Waals surface area contributed by atoms with Crippen molar-refractivity contribution in [2.45, 2.75) is 37.5 Å². The summed E-state index contributed by atoms with van der Waals surface area (Å²) in [6, 6.07) is 13.1. The third-order valence-corrected chi connectivity index (χ3v) is 7.15. The van der Waals surface area contributed by atoms with Crippen LogP contribution in [0.15, 0.2) is 57.9 Å². The number of nitrogens with one attached hydrogen (secondary N) is 1. The Bertz CT molecular complexity index is 1150. The summed E-state index contributed by atoms with van der Waals surface area (Å²) in [6.45, 7) is 2.85. The Morgan fingerprint density at radius 1 is 0.968 bits per heavy atom. The maximum absolute atomic E-state index is 12.9. The molecule has 1 aliphatic heterocycles. The molecular weight excluding hydrogens is 416 g/mol. The van der Waals surface area contributed by atoms with Gasteiger partial charge in [-0.15, -0.1) is 0 Å². The minimum Gasteiger partial charge on any atom is -0.334 e. The summed E-state index contributed by atoms with van der Waals surface area (Å²) in [6.07, 6.45) is 3.90. The van der Waals surface area contributed by atoms with Gasteiger partial charge in [0.25, 0.3) is 11.8 Å². The Labute approximate surface area is 181 Å². The van der Waals surface area contributed by atoms with Crippen molar-refractivity contribution in [3.63, 3.8) is 0 Å². The molecule has 1 amide bonds. The monoisotopic (exact) mass is 440 g/mol. The Hall–Kier alpha value is -3.04. The van der Waals surface area contributed by atoms with Crippen molar-refractivity contribution >= 4 is 21.6 Å². The normalized spacial score (nSPS) is 15.4. The SMILES string of the molecule is Cc1noc(-c2ccc(C(=O)Nc3ccc(S(=O)(=O)N4CCCCCC4)cc3)cc2)n1. The number of anilines is 1. The second-order valence-electron chi connectivity index (χ2n) is 7.52. The highest BCUT2D eigenvalue weighted by atomic mass is 32.2. The molecule has 1 N–H and O–H groups in total. The Balaban J connectivity index is 1.43. The largest absolute Gasteiger partial charge is 0.334 e. The average Bonchev–Trinajstić information content (AvgIpc) is 3.02. The molecule has 0 spiro atoms. The summed E-state index contributed by atoms with van der Waals surface area (Å²) in [5, 5.41) is 6.54. The van der Waals surface area contributed by atoms with E-state index >= 15 is 0 Å². The highest BCUT2D eigenvalue weighted by molar-refractivity contribution is 7.89. The number of nitrogens with zero attached hydrogens (tertiary/aromatic N) is 3. The van der Waals surface area contributed by atoms with Crippen molar-refractivity contribution in [2.24, 2.45) is 0 Å². The van der Waals surface area contributed by atoms with Crippen LogP contribution in [0.25, 0.3) is 11.5 Å². The summed E-state index contributed by atoms with van der Waals surface area (Å²) in [5.74, 6) is 0.639. The fraction of sp³-hybridized carbons (Fsp3) is 0.318. The first kappa shape index (κ1) is 21.2. The Morgan fingerprint density at radius 2 is 1.61 bits per heavy atom. The lowest BCUT2D eigenvalue weighted by atomic mass is 10.1.